The van der Waals surface area contributed by atoms with Crippen molar-refractivity contribution in [1.82, 2.24) is 9.55 Å². The van der Waals surface area contributed by atoms with Crippen LogP contribution in [-0.4, -0.2) is 47.9 Å². The summed E-state index contributed by atoms with van der Waals surface area (Å²) in [5.41, 5.74) is 5.26. The molecule has 1 aromatic heterocycles. The molecule has 4 heterocycles. The van der Waals surface area contributed by atoms with Crippen LogP contribution in [0.4, 0.5) is 24.5 Å². The number of imidazole rings is 1. The first-order valence-corrected chi connectivity index (χ1v) is 13.8. The fourth-order valence-electron chi connectivity index (χ4n) is 6.30. The van der Waals surface area contributed by atoms with Crippen molar-refractivity contribution >= 4 is 17.2 Å². The van der Waals surface area contributed by atoms with Gasteiger partial charge in [-0.2, -0.15) is 0 Å². The average molecular weight is 539 g/mol. The lowest BCUT2D eigenvalue weighted by atomic mass is 9.72. The van der Waals surface area contributed by atoms with Gasteiger partial charge in [0.05, 0.1) is 5.69 Å². The lowest BCUT2D eigenvalue weighted by molar-refractivity contribution is -0.274. The molecule has 0 atom stereocenters. The van der Waals surface area contributed by atoms with Gasteiger partial charge in [-0.05, 0) is 67.6 Å². The summed E-state index contributed by atoms with van der Waals surface area (Å²) in [5, 5.41) is 0. The standard InChI is InChI=1S/C30H33F3N4O2/c1-2-25-28(37-16-4-3-5-27(37)34-25)26(38)15-8-21-6-9-22(10-7-21)35-17-29(18-35)19-36(20-29)23-11-13-24(14-12-23)39-30(31,32)33/h6-7,9-14H,2-5,8,15-20H2,1H3. The highest BCUT2D eigenvalue weighted by molar-refractivity contribution is 5.96. The van der Waals surface area contributed by atoms with Gasteiger partial charge in [0.2, 0.25) is 0 Å². The number of carbonyl (C=O) groups is 1. The molecule has 2 fully saturated rings. The minimum Gasteiger partial charge on any atom is -0.406 e. The Bertz CT molecular complexity index is 1330. The first-order chi connectivity index (χ1) is 18.7. The van der Waals surface area contributed by atoms with E-state index in [2.05, 4.69) is 50.3 Å². The number of fused-ring (bicyclic) bond motifs is 1. The number of hydrogen-bond donors (Lipinski definition) is 0. The Morgan fingerprint density at radius 1 is 0.949 bits per heavy atom. The van der Waals surface area contributed by atoms with Crippen LogP contribution in [0.1, 0.15) is 53.8 Å². The molecule has 39 heavy (non-hydrogen) atoms. The van der Waals surface area contributed by atoms with E-state index in [0.29, 0.717) is 12.8 Å². The predicted octanol–water partition coefficient (Wildman–Crippen LogP) is 5.82. The van der Waals surface area contributed by atoms with Gasteiger partial charge in [0.15, 0.2) is 5.78 Å². The van der Waals surface area contributed by atoms with E-state index >= 15 is 0 Å². The number of Topliss-reactive ketones (excluding diaryl/α,β-unsaturated/α-hetero) is 1. The largest absolute Gasteiger partial charge is 0.573 e. The molecule has 2 saturated heterocycles. The molecule has 6 nitrogen and oxygen atoms in total. The summed E-state index contributed by atoms with van der Waals surface area (Å²) in [5.74, 6) is 1.06. The number of halogens is 3. The predicted molar refractivity (Wildman–Crippen MR) is 144 cm³/mol. The molecule has 0 aliphatic carbocycles. The number of ether oxygens (including phenoxy) is 1. The first-order valence-electron chi connectivity index (χ1n) is 13.8. The summed E-state index contributed by atoms with van der Waals surface area (Å²) < 4.78 is 43.3. The molecule has 0 saturated carbocycles. The van der Waals surface area contributed by atoms with Crippen molar-refractivity contribution in [1.29, 1.82) is 0 Å². The molecule has 0 bridgehead atoms. The fraction of sp³-hybridized carbons (Fsp3) is 0.467. The lowest BCUT2D eigenvalue weighted by Gasteiger charge is -2.61. The Balaban J connectivity index is 0.989. The van der Waals surface area contributed by atoms with Crippen molar-refractivity contribution in [2.45, 2.75) is 58.4 Å². The van der Waals surface area contributed by atoms with E-state index in [1.165, 1.54) is 17.8 Å². The van der Waals surface area contributed by atoms with Gasteiger partial charge in [-0.3, -0.25) is 4.79 Å². The molecular weight excluding hydrogens is 505 g/mol. The summed E-state index contributed by atoms with van der Waals surface area (Å²) in [7, 11) is 0. The Morgan fingerprint density at radius 3 is 2.15 bits per heavy atom. The molecule has 0 amide bonds. The summed E-state index contributed by atoms with van der Waals surface area (Å²) in [6.07, 6.45) is 0.538. The molecule has 0 unspecified atom stereocenters. The van der Waals surface area contributed by atoms with E-state index in [9.17, 15) is 18.0 Å². The van der Waals surface area contributed by atoms with E-state index in [-0.39, 0.29) is 16.9 Å². The second-order valence-electron chi connectivity index (χ2n) is 11.1. The number of hydrogen-bond acceptors (Lipinski definition) is 5. The van der Waals surface area contributed by atoms with Crippen molar-refractivity contribution in [3.8, 4) is 5.75 Å². The third kappa shape index (κ3) is 5.23. The second-order valence-corrected chi connectivity index (χ2v) is 11.1. The molecule has 206 valence electrons. The summed E-state index contributed by atoms with van der Waals surface area (Å²) >= 11 is 0. The van der Waals surface area contributed by atoms with Crippen LogP contribution >= 0.6 is 0 Å². The Kier molecular flexibility index (Phi) is 6.55. The maximum atomic E-state index is 13.1. The van der Waals surface area contributed by atoms with E-state index in [0.717, 1.165) is 86.9 Å². The number of benzene rings is 2. The Morgan fingerprint density at radius 2 is 1.56 bits per heavy atom. The molecule has 2 aromatic carbocycles. The molecule has 0 radical (unpaired) electrons. The smallest absolute Gasteiger partial charge is 0.406 e. The van der Waals surface area contributed by atoms with Crippen molar-refractivity contribution < 1.29 is 22.7 Å². The number of anilines is 2. The molecule has 3 aromatic rings. The van der Waals surface area contributed by atoms with E-state index in [4.69, 9.17) is 4.98 Å². The number of aromatic nitrogens is 2. The number of aryl methyl sites for hydroxylation is 3. The van der Waals surface area contributed by atoms with Crippen LogP contribution in [0, 0.1) is 5.41 Å². The highest BCUT2D eigenvalue weighted by Crippen LogP contribution is 2.44. The van der Waals surface area contributed by atoms with Crippen LogP contribution in [-0.2, 0) is 25.8 Å². The third-order valence-corrected chi connectivity index (χ3v) is 8.23. The zero-order chi connectivity index (χ0) is 27.2. The lowest BCUT2D eigenvalue weighted by Crippen LogP contribution is -2.72. The average Bonchev–Trinajstić information content (AvgIpc) is 3.25. The second kappa shape index (κ2) is 9.92. The molecule has 6 rings (SSSR count). The minimum absolute atomic E-state index is 0.193. The third-order valence-electron chi connectivity index (χ3n) is 8.23. The van der Waals surface area contributed by atoms with Crippen LogP contribution in [0.15, 0.2) is 48.5 Å². The fourth-order valence-corrected chi connectivity index (χ4v) is 6.30. The van der Waals surface area contributed by atoms with Crippen LogP contribution < -0.4 is 14.5 Å². The molecule has 3 aliphatic rings. The van der Waals surface area contributed by atoms with E-state index < -0.39 is 6.36 Å². The maximum absolute atomic E-state index is 13.1. The molecule has 9 heteroatoms. The minimum atomic E-state index is -4.67. The Hall–Kier alpha value is -3.49. The normalized spacial score (nSPS) is 17.9. The van der Waals surface area contributed by atoms with Gasteiger partial charge in [-0.25, -0.2) is 4.98 Å². The van der Waals surface area contributed by atoms with Crippen molar-refractivity contribution in [2.75, 3.05) is 36.0 Å². The number of ketones is 1. The molecule has 1 spiro atoms. The van der Waals surface area contributed by atoms with Gasteiger partial charge in [0.25, 0.3) is 0 Å². The van der Waals surface area contributed by atoms with Crippen LogP contribution in [0.25, 0.3) is 0 Å². The van der Waals surface area contributed by atoms with Crippen LogP contribution in [0.3, 0.4) is 0 Å². The SMILES string of the molecule is CCc1nc2n(c1C(=O)CCc1ccc(N3CC4(C3)CN(c3ccc(OC(F)(F)F)cc3)C4)cc1)CCCC2. The van der Waals surface area contributed by atoms with Gasteiger partial charge in [0.1, 0.15) is 17.3 Å². The summed E-state index contributed by atoms with van der Waals surface area (Å²) in [4.78, 5) is 22.4. The van der Waals surface area contributed by atoms with Gasteiger partial charge >= 0.3 is 6.36 Å². The number of rotatable bonds is 8. The zero-order valence-electron chi connectivity index (χ0n) is 22.1. The summed E-state index contributed by atoms with van der Waals surface area (Å²) in [6.45, 7) is 6.67. The monoisotopic (exact) mass is 538 g/mol. The molecular formula is C30H33F3N4O2. The quantitative estimate of drug-likeness (QED) is 0.338. The van der Waals surface area contributed by atoms with Crippen molar-refractivity contribution in [3.63, 3.8) is 0 Å². The zero-order valence-corrected chi connectivity index (χ0v) is 22.1. The highest BCUT2D eigenvalue weighted by atomic mass is 19.4. The number of nitrogens with zero attached hydrogens (tertiary/aromatic N) is 4. The first kappa shape index (κ1) is 25.8. The van der Waals surface area contributed by atoms with Crippen LogP contribution in [0.5, 0.6) is 5.75 Å². The van der Waals surface area contributed by atoms with E-state index in [1.807, 2.05) is 0 Å². The van der Waals surface area contributed by atoms with Crippen molar-refractivity contribution in [3.05, 3.63) is 71.3 Å². The number of alkyl halides is 3. The van der Waals surface area contributed by atoms with Gasteiger partial charge < -0.3 is 19.1 Å². The molecule has 3 aliphatic heterocycles. The maximum Gasteiger partial charge on any atom is 0.573 e. The van der Waals surface area contributed by atoms with Gasteiger partial charge in [-0.1, -0.05) is 19.1 Å². The summed E-state index contributed by atoms with van der Waals surface area (Å²) in [6, 6.07) is 14.6. The molecule has 0 N–H and O–H groups in total. The van der Waals surface area contributed by atoms with E-state index in [1.54, 1.807) is 12.1 Å². The van der Waals surface area contributed by atoms with Gasteiger partial charge in [-0.15, -0.1) is 13.2 Å². The highest BCUT2D eigenvalue weighted by Gasteiger charge is 2.51. The number of carbonyl (C=O) groups excluding carboxylic acids is 1. The Labute approximate surface area is 226 Å². The van der Waals surface area contributed by atoms with Crippen LogP contribution in [0.2, 0.25) is 0 Å². The van der Waals surface area contributed by atoms with Gasteiger partial charge in [0, 0.05) is 62.4 Å². The van der Waals surface area contributed by atoms with Crippen molar-refractivity contribution in [2.24, 2.45) is 5.41 Å². The topological polar surface area (TPSA) is 50.6 Å².